The Morgan fingerprint density at radius 2 is 1.75 bits per heavy atom. The molecule has 4 heterocycles. The number of hydrogen-bond acceptors (Lipinski definition) is 5. The van der Waals surface area contributed by atoms with Crippen LogP contribution in [0, 0.1) is 19.8 Å². The van der Waals surface area contributed by atoms with E-state index in [1.165, 1.54) is 65.2 Å². The maximum absolute atomic E-state index is 5.07. The molecule has 0 radical (unpaired) electrons. The summed E-state index contributed by atoms with van der Waals surface area (Å²) >= 11 is 1.83. The number of hydrogen-bond donors (Lipinski definition) is 0. The van der Waals surface area contributed by atoms with Crippen LogP contribution in [0.3, 0.4) is 0 Å². The van der Waals surface area contributed by atoms with E-state index in [0.717, 1.165) is 31.4 Å². The van der Waals surface area contributed by atoms with Crippen molar-refractivity contribution in [3.05, 3.63) is 16.3 Å². The number of nitrogens with zero attached hydrogens (tertiary/aromatic N) is 4. The molecule has 0 bridgehead atoms. The quantitative estimate of drug-likeness (QED) is 0.838. The van der Waals surface area contributed by atoms with Gasteiger partial charge >= 0.3 is 0 Å². The third kappa shape index (κ3) is 3.04. The summed E-state index contributed by atoms with van der Waals surface area (Å²) in [6, 6.07) is 0. The summed E-state index contributed by atoms with van der Waals surface area (Å²) < 4.78 is 0. The van der Waals surface area contributed by atoms with Crippen LogP contribution in [0.4, 0.5) is 5.82 Å². The van der Waals surface area contributed by atoms with E-state index in [4.69, 9.17) is 9.97 Å². The van der Waals surface area contributed by atoms with Gasteiger partial charge in [0.05, 0.1) is 11.9 Å². The molecule has 0 amide bonds. The fraction of sp³-hybridized carbons (Fsp3) is 0.684. The normalized spacial score (nSPS) is 20.4. The van der Waals surface area contributed by atoms with E-state index < -0.39 is 0 Å². The molecule has 0 atom stereocenters. The first-order valence-electron chi connectivity index (χ1n) is 9.35. The molecular formula is C19H28N4S. The molecule has 0 N–H and O–H groups in total. The highest BCUT2D eigenvalue weighted by Crippen LogP contribution is 2.36. The Morgan fingerprint density at radius 3 is 2.46 bits per heavy atom. The second kappa shape index (κ2) is 6.60. The zero-order chi connectivity index (χ0) is 16.7. The highest BCUT2D eigenvalue weighted by atomic mass is 32.1. The molecule has 0 spiro atoms. The number of piperidine rings is 1. The summed E-state index contributed by atoms with van der Waals surface area (Å²) in [6.07, 6.45) is 5.18. The highest BCUT2D eigenvalue weighted by molar-refractivity contribution is 7.18. The number of aromatic nitrogens is 2. The van der Waals surface area contributed by atoms with Crippen LogP contribution >= 0.6 is 11.3 Å². The Hall–Kier alpha value is -1.20. The fourth-order valence-electron chi connectivity index (χ4n) is 3.93. The lowest BCUT2D eigenvalue weighted by molar-refractivity contribution is 0.323. The third-order valence-electron chi connectivity index (χ3n) is 5.70. The molecule has 2 fully saturated rings. The summed E-state index contributed by atoms with van der Waals surface area (Å²) in [5.41, 5.74) is 1.37. The lowest BCUT2D eigenvalue weighted by Crippen LogP contribution is -2.34. The van der Waals surface area contributed by atoms with E-state index in [9.17, 15) is 0 Å². The lowest BCUT2D eigenvalue weighted by Gasteiger charge is -2.32. The third-order valence-corrected chi connectivity index (χ3v) is 6.80. The van der Waals surface area contributed by atoms with Gasteiger partial charge in [-0.25, -0.2) is 9.97 Å². The Bertz CT molecular complexity index is 725. The van der Waals surface area contributed by atoms with Crippen molar-refractivity contribution < 1.29 is 0 Å². The van der Waals surface area contributed by atoms with Crippen molar-refractivity contribution in [3.63, 3.8) is 0 Å². The molecule has 2 saturated heterocycles. The first-order valence-corrected chi connectivity index (χ1v) is 10.2. The average molecular weight is 345 g/mol. The molecule has 4 nitrogen and oxygen atoms in total. The number of thiophene rings is 1. The minimum absolute atomic E-state index is 0.841. The van der Waals surface area contributed by atoms with Crippen LogP contribution in [-0.2, 0) is 6.54 Å². The van der Waals surface area contributed by atoms with Crippen LogP contribution in [0.15, 0.2) is 0 Å². The molecule has 0 aliphatic carbocycles. The summed E-state index contributed by atoms with van der Waals surface area (Å²) in [4.78, 5) is 17.6. The Balaban J connectivity index is 1.73. The van der Waals surface area contributed by atoms with Crippen molar-refractivity contribution in [3.8, 4) is 0 Å². The minimum Gasteiger partial charge on any atom is -0.356 e. The van der Waals surface area contributed by atoms with Gasteiger partial charge in [-0.3, -0.25) is 4.90 Å². The van der Waals surface area contributed by atoms with Gasteiger partial charge in [0.1, 0.15) is 16.5 Å². The van der Waals surface area contributed by atoms with Crippen LogP contribution in [0.5, 0.6) is 0 Å². The molecular weight excluding hydrogens is 316 g/mol. The molecule has 0 unspecified atom stereocenters. The molecule has 4 rings (SSSR count). The summed E-state index contributed by atoms with van der Waals surface area (Å²) in [5.74, 6) is 3.05. The zero-order valence-corrected chi connectivity index (χ0v) is 16.0. The second-order valence-corrected chi connectivity index (χ2v) is 8.78. The second-order valence-electron chi connectivity index (χ2n) is 7.58. The van der Waals surface area contributed by atoms with Gasteiger partial charge in [-0.05, 0) is 64.1 Å². The van der Waals surface area contributed by atoms with E-state index in [1.807, 2.05) is 11.3 Å². The van der Waals surface area contributed by atoms with E-state index in [1.54, 1.807) is 0 Å². The van der Waals surface area contributed by atoms with E-state index >= 15 is 0 Å². The fourth-order valence-corrected chi connectivity index (χ4v) is 4.97. The summed E-state index contributed by atoms with van der Waals surface area (Å²) in [6.45, 7) is 12.4. The van der Waals surface area contributed by atoms with Gasteiger partial charge in [0.15, 0.2) is 0 Å². The van der Waals surface area contributed by atoms with Crippen LogP contribution in [0.2, 0.25) is 0 Å². The van der Waals surface area contributed by atoms with Crippen LogP contribution in [0.1, 0.15) is 48.9 Å². The molecule has 0 saturated carbocycles. The Kier molecular flexibility index (Phi) is 4.48. The summed E-state index contributed by atoms with van der Waals surface area (Å²) in [5, 5.41) is 1.30. The summed E-state index contributed by atoms with van der Waals surface area (Å²) in [7, 11) is 0. The van der Waals surface area contributed by atoms with Crippen molar-refractivity contribution in [1.82, 2.24) is 14.9 Å². The maximum atomic E-state index is 5.07. The Morgan fingerprint density at radius 1 is 1.04 bits per heavy atom. The van der Waals surface area contributed by atoms with Crippen LogP contribution in [-0.4, -0.2) is 41.0 Å². The number of likely N-dealkylation sites (tertiary alicyclic amines) is 1. The molecule has 2 aliphatic heterocycles. The monoisotopic (exact) mass is 344 g/mol. The van der Waals surface area contributed by atoms with Gasteiger partial charge in [-0.1, -0.05) is 6.92 Å². The molecule has 2 aromatic rings. The van der Waals surface area contributed by atoms with Crippen molar-refractivity contribution in [2.45, 2.75) is 53.0 Å². The van der Waals surface area contributed by atoms with Crippen molar-refractivity contribution in [2.75, 3.05) is 31.1 Å². The molecule has 24 heavy (non-hydrogen) atoms. The number of rotatable bonds is 3. The van der Waals surface area contributed by atoms with Gasteiger partial charge < -0.3 is 4.90 Å². The van der Waals surface area contributed by atoms with Gasteiger partial charge in [0, 0.05) is 18.0 Å². The molecule has 2 aliphatic rings. The number of fused-ring (bicyclic) bond motifs is 1. The smallest absolute Gasteiger partial charge is 0.146 e. The predicted octanol–water partition coefficient (Wildman–Crippen LogP) is 4.14. The standard InChI is InChI=1S/C19H28N4S/c1-13-6-10-23(11-7-13)18-17-14(2)15(3)24-19(17)21-16(20-18)12-22-8-4-5-9-22/h13H,4-12H2,1-3H3. The largest absolute Gasteiger partial charge is 0.356 e. The number of aryl methyl sites for hydroxylation is 2. The minimum atomic E-state index is 0.841. The molecule has 5 heteroatoms. The topological polar surface area (TPSA) is 32.3 Å². The molecule has 0 aromatic carbocycles. The van der Waals surface area contributed by atoms with Crippen molar-refractivity contribution in [1.29, 1.82) is 0 Å². The first-order chi connectivity index (χ1) is 11.6. The molecule has 2 aromatic heterocycles. The average Bonchev–Trinajstić information content (AvgIpc) is 3.16. The van der Waals surface area contributed by atoms with Gasteiger partial charge in [0.2, 0.25) is 0 Å². The molecule has 130 valence electrons. The van der Waals surface area contributed by atoms with Crippen molar-refractivity contribution in [2.24, 2.45) is 5.92 Å². The van der Waals surface area contributed by atoms with E-state index in [0.29, 0.717) is 0 Å². The van der Waals surface area contributed by atoms with Crippen molar-refractivity contribution >= 4 is 27.4 Å². The predicted molar refractivity (Wildman–Crippen MR) is 102 cm³/mol. The highest BCUT2D eigenvalue weighted by Gasteiger charge is 2.23. The van der Waals surface area contributed by atoms with Gasteiger partial charge in [-0.15, -0.1) is 11.3 Å². The van der Waals surface area contributed by atoms with Crippen LogP contribution in [0.25, 0.3) is 10.2 Å². The van der Waals surface area contributed by atoms with E-state index in [2.05, 4.69) is 30.6 Å². The first kappa shape index (κ1) is 16.3. The van der Waals surface area contributed by atoms with Crippen LogP contribution < -0.4 is 4.90 Å². The van der Waals surface area contributed by atoms with Gasteiger partial charge in [0.25, 0.3) is 0 Å². The van der Waals surface area contributed by atoms with Gasteiger partial charge in [-0.2, -0.15) is 0 Å². The zero-order valence-electron chi connectivity index (χ0n) is 15.1. The lowest BCUT2D eigenvalue weighted by atomic mass is 9.99. The van der Waals surface area contributed by atoms with E-state index in [-0.39, 0.29) is 0 Å². The SMILES string of the molecule is Cc1sc2nc(CN3CCCC3)nc(N3CCC(C)CC3)c2c1C. The Labute approximate surface area is 148 Å². The number of anilines is 1. The maximum Gasteiger partial charge on any atom is 0.146 e.